The fraction of sp³-hybridized carbons (Fsp3) is 0.167. The smallest absolute Gasteiger partial charge is 0.338 e. The van der Waals surface area contributed by atoms with E-state index in [0.717, 1.165) is 10.0 Å². The SMILES string of the molecule is CC(=O)Nc1ccc(C(=O)OCC(=O)NCc2ccc(Br)cc2)cc1. The molecule has 0 unspecified atom stereocenters. The number of carbonyl (C=O) groups is 3. The second-order valence-electron chi connectivity index (χ2n) is 5.24. The van der Waals surface area contributed by atoms with Crippen LogP contribution in [0.3, 0.4) is 0 Å². The molecule has 0 aliphatic carbocycles. The first kappa shape index (κ1) is 18.7. The fourth-order valence-electron chi connectivity index (χ4n) is 1.96. The molecule has 0 saturated carbocycles. The molecule has 7 heteroatoms. The number of benzene rings is 2. The van der Waals surface area contributed by atoms with Gasteiger partial charge in [0.2, 0.25) is 5.91 Å². The third-order valence-electron chi connectivity index (χ3n) is 3.18. The van der Waals surface area contributed by atoms with Crippen LogP contribution < -0.4 is 10.6 Å². The summed E-state index contributed by atoms with van der Waals surface area (Å²) < 4.78 is 5.93. The average molecular weight is 405 g/mol. The molecule has 25 heavy (non-hydrogen) atoms. The highest BCUT2D eigenvalue weighted by atomic mass is 79.9. The maximum absolute atomic E-state index is 11.9. The van der Waals surface area contributed by atoms with Crippen LogP contribution >= 0.6 is 15.9 Å². The zero-order chi connectivity index (χ0) is 18.2. The van der Waals surface area contributed by atoms with Crippen molar-refractivity contribution in [3.05, 3.63) is 64.1 Å². The molecule has 6 nitrogen and oxygen atoms in total. The van der Waals surface area contributed by atoms with Crippen molar-refractivity contribution in [2.75, 3.05) is 11.9 Å². The van der Waals surface area contributed by atoms with Gasteiger partial charge in [0.15, 0.2) is 6.61 Å². The Bertz CT molecular complexity index is 758. The van der Waals surface area contributed by atoms with Crippen molar-refractivity contribution in [2.24, 2.45) is 0 Å². The Morgan fingerprint density at radius 3 is 2.24 bits per heavy atom. The number of hydrogen-bond acceptors (Lipinski definition) is 4. The van der Waals surface area contributed by atoms with E-state index in [2.05, 4.69) is 26.6 Å². The molecule has 2 rings (SSSR count). The van der Waals surface area contributed by atoms with Crippen LogP contribution in [0, 0.1) is 0 Å². The van der Waals surface area contributed by atoms with Crippen LogP contribution in [0.5, 0.6) is 0 Å². The Balaban J connectivity index is 1.77. The molecule has 2 N–H and O–H groups in total. The third kappa shape index (κ3) is 6.39. The number of anilines is 1. The van der Waals surface area contributed by atoms with Crippen molar-refractivity contribution >= 4 is 39.4 Å². The molecule has 2 aromatic rings. The maximum Gasteiger partial charge on any atom is 0.338 e. The lowest BCUT2D eigenvalue weighted by Gasteiger charge is -2.07. The van der Waals surface area contributed by atoms with Crippen LogP contribution in [0.1, 0.15) is 22.8 Å². The highest BCUT2D eigenvalue weighted by Gasteiger charge is 2.10. The fourth-order valence-corrected chi connectivity index (χ4v) is 2.23. The summed E-state index contributed by atoms with van der Waals surface area (Å²) in [5, 5.41) is 5.28. The highest BCUT2D eigenvalue weighted by Crippen LogP contribution is 2.11. The Morgan fingerprint density at radius 2 is 1.64 bits per heavy atom. The van der Waals surface area contributed by atoms with Gasteiger partial charge in [-0.2, -0.15) is 0 Å². The number of hydrogen-bond donors (Lipinski definition) is 2. The summed E-state index contributed by atoms with van der Waals surface area (Å²) in [7, 11) is 0. The van der Waals surface area contributed by atoms with Crippen molar-refractivity contribution < 1.29 is 19.1 Å². The van der Waals surface area contributed by atoms with E-state index in [9.17, 15) is 14.4 Å². The molecule has 0 aromatic heterocycles. The van der Waals surface area contributed by atoms with E-state index in [-0.39, 0.29) is 18.4 Å². The molecule has 130 valence electrons. The molecule has 0 aliphatic heterocycles. The summed E-state index contributed by atoms with van der Waals surface area (Å²) in [4.78, 5) is 34.6. The number of rotatable bonds is 6. The van der Waals surface area contributed by atoms with Crippen LogP contribution in [0.15, 0.2) is 53.0 Å². The van der Waals surface area contributed by atoms with Crippen LogP contribution in [0.2, 0.25) is 0 Å². The van der Waals surface area contributed by atoms with E-state index < -0.39 is 5.97 Å². The summed E-state index contributed by atoms with van der Waals surface area (Å²) in [5.74, 6) is -1.18. The minimum Gasteiger partial charge on any atom is -0.452 e. The third-order valence-corrected chi connectivity index (χ3v) is 3.71. The first-order valence-corrected chi connectivity index (χ1v) is 8.29. The number of nitrogens with one attached hydrogen (secondary N) is 2. The van der Waals surface area contributed by atoms with Crippen LogP contribution in [-0.2, 0) is 20.9 Å². The normalized spacial score (nSPS) is 10.0. The molecular weight excluding hydrogens is 388 g/mol. The Hall–Kier alpha value is -2.67. The predicted molar refractivity (Wildman–Crippen MR) is 97.0 cm³/mol. The lowest BCUT2D eigenvalue weighted by Crippen LogP contribution is -2.28. The summed E-state index contributed by atoms with van der Waals surface area (Å²) >= 11 is 3.34. The molecule has 0 bridgehead atoms. The summed E-state index contributed by atoms with van der Waals surface area (Å²) in [6.45, 7) is 1.40. The number of carbonyl (C=O) groups excluding carboxylic acids is 3. The van der Waals surface area contributed by atoms with Crippen LogP contribution in [0.25, 0.3) is 0 Å². The summed E-state index contributed by atoms with van der Waals surface area (Å²) in [5.41, 5.74) is 1.82. The molecule has 0 radical (unpaired) electrons. The molecule has 0 fully saturated rings. The van der Waals surface area contributed by atoms with Gasteiger partial charge >= 0.3 is 5.97 Å². The van der Waals surface area contributed by atoms with E-state index in [1.807, 2.05) is 24.3 Å². The van der Waals surface area contributed by atoms with Gasteiger partial charge in [0.25, 0.3) is 5.91 Å². The molecule has 2 aromatic carbocycles. The Morgan fingerprint density at radius 1 is 1.00 bits per heavy atom. The van der Waals surface area contributed by atoms with Crippen molar-refractivity contribution in [2.45, 2.75) is 13.5 Å². The van der Waals surface area contributed by atoms with Crippen LogP contribution in [0.4, 0.5) is 5.69 Å². The van der Waals surface area contributed by atoms with Gasteiger partial charge in [-0.25, -0.2) is 4.79 Å². The highest BCUT2D eigenvalue weighted by molar-refractivity contribution is 9.10. The van der Waals surface area contributed by atoms with Gasteiger partial charge in [-0.1, -0.05) is 28.1 Å². The summed E-state index contributed by atoms with van der Waals surface area (Å²) in [6.07, 6.45) is 0. The standard InChI is InChI=1S/C18H17BrN2O4/c1-12(22)21-16-8-4-14(5-9-16)18(24)25-11-17(23)20-10-13-2-6-15(19)7-3-13/h2-9H,10-11H2,1H3,(H,20,23)(H,21,22). The van der Waals surface area contributed by atoms with E-state index in [0.29, 0.717) is 17.8 Å². The maximum atomic E-state index is 11.9. The van der Waals surface area contributed by atoms with E-state index >= 15 is 0 Å². The van der Waals surface area contributed by atoms with Gasteiger partial charge in [0, 0.05) is 23.6 Å². The van der Waals surface area contributed by atoms with Gasteiger partial charge in [0.05, 0.1) is 5.56 Å². The van der Waals surface area contributed by atoms with Crippen molar-refractivity contribution in [3.63, 3.8) is 0 Å². The van der Waals surface area contributed by atoms with Gasteiger partial charge in [-0.05, 0) is 42.0 Å². The first-order valence-electron chi connectivity index (χ1n) is 7.50. The largest absolute Gasteiger partial charge is 0.452 e. The van der Waals surface area contributed by atoms with E-state index in [4.69, 9.17) is 4.74 Å². The number of ether oxygens (including phenoxy) is 1. The second kappa shape index (κ2) is 8.98. The predicted octanol–water partition coefficient (Wildman–Crippen LogP) is 2.88. The molecule has 0 spiro atoms. The zero-order valence-electron chi connectivity index (χ0n) is 13.5. The Labute approximate surface area is 153 Å². The quantitative estimate of drug-likeness (QED) is 0.724. The minimum atomic E-state index is -0.604. The number of amides is 2. The summed E-state index contributed by atoms with van der Waals surface area (Å²) in [6, 6.07) is 13.7. The Kier molecular flexibility index (Phi) is 6.71. The van der Waals surface area contributed by atoms with E-state index in [1.165, 1.54) is 19.1 Å². The molecule has 0 aliphatic rings. The molecule has 0 saturated heterocycles. The lowest BCUT2D eigenvalue weighted by atomic mass is 10.2. The van der Waals surface area contributed by atoms with Gasteiger partial charge < -0.3 is 15.4 Å². The van der Waals surface area contributed by atoms with Crippen molar-refractivity contribution in [1.82, 2.24) is 5.32 Å². The minimum absolute atomic E-state index is 0.197. The monoisotopic (exact) mass is 404 g/mol. The molecular formula is C18H17BrN2O4. The number of halogens is 1. The van der Waals surface area contributed by atoms with Crippen molar-refractivity contribution in [3.8, 4) is 0 Å². The van der Waals surface area contributed by atoms with E-state index in [1.54, 1.807) is 12.1 Å². The number of esters is 1. The molecule has 0 heterocycles. The average Bonchev–Trinajstić information content (AvgIpc) is 2.59. The first-order chi connectivity index (χ1) is 11.9. The van der Waals surface area contributed by atoms with Gasteiger partial charge in [0.1, 0.15) is 0 Å². The lowest BCUT2D eigenvalue weighted by molar-refractivity contribution is -0.124. The topological polar surface area (TPSA) is 84.5 Å². The van der Waals surface area contributed by atoms with Gasteiger partial charge in [-0.3, -0.25) is 9.59 Å². The zero-order valence-corrected chi connectivity index (χ0v) is 15.1. The molecule has 2 amide bonds. The van der Waals surface area contributed by atoms with Crippen LogP contribution in [-0.4, -0.2) is 24.4 Å². The van der Waals surface area contributed by atoms with Gasteiger partial charge in [-0.15, -0.1) is 0 Å². The molecule has 0 atom stereocenters. The van der Waals surface area contributed by atoms with Crippen molar-refractivity contribution in [1.29, 1.82) is 0 Å². The second-order valence-corrected chi connectivity index (χ2v) is 6.15.